The molecule has 0 aromatic carbocycles. The van der Waals surface area contributed by atoms with Crippen molar-refractivity contribution in [3.8, 4) is 0 Å². The molecule has 0 aromatic rings. The van der Waals surface area contributed by atoms with Gasteiger partial charge in [0.1, 0.15) is 0 Å². The minimum absolute atomic E-state index is 0.388. The summed E-state index contributed by atoms with van der Waals surface area (Å²) in [5, 5.41) is 5.09. The molecule has 2 amide bonds. The number of amides is 2. The maximum Gasteiger partial charge on any atom is 0.334 e. The zero-order valence-electron chi connectivity index (χ0n) is 4.82. The van der Waals surface area contributed by atoms with Gasteiger partial charge >= 0.3 is 6.03 Å². The van der Waals surface area contributed by atoms with Gasteiger partial charge in [-0.2, -0.15) is 0 Å². The third kappa shape index (κ3) is 5.23. The van der Waals surface area contributed by atoms with Crippen LogP contribution in [-0.4, -0.2) is 19.2 Å². The lowest BCUT2D eigenvalue weighted by Gasteiger charge is -1.98. The molecule has 0 spiro atoms. The topological polar surface area (TPSA) is 64.9 Å². The van der Waals surface area contributed by atoms with Crippen molar-refractivity contribution in [2.45, 2.75) is 6.92 Å². The largest absolute Gasteiger partial charge is 0.334 e. The van der Waals surface area contributed by atoms with Crippen LogP contribution in [0.5, 0.6) is 0 Å². The lowest BCUT2D eigenvalue weighted by Crippen LogP contribution is -2.33. The van der Waals surface area contributed by atoms with Crippen molar-refractivity contribution < 1.29 is 4.79 Å². The second-order valence-corrected chi connectivity index (χ2v) is 1.29. The van der Waals surface area contributed by atoms with Gasteiger partial charge in [0.25, 0.3) is 0 Å². The van der Waals surface area contributed by atoms with Crippen LogP contribution < -0.4 is 16.4 Å². The number of hydrogen-bond acceptors (Lipinski definition) is 2. The Balaban J connectivity index is 2.82. The van der Waals surface area contributed by atoms with E-state index >= 15 is 0 Å². The van der Waals surface area contributed by atoms with Crippen LogP contribution in [0.15, 0.2) is 0 Å². The Hall–Kier alpha value is -0.770. The van der Waals surface area contributed by atoms with Crippen LogP contribution >= 0.6 is 0 Å². The third-order valence-corrected chi connectivity index (χ3v) is 0.624. The Labute approximate surface area is 48.4 Å². The van der Waals surface area contributed by atoms with Crippen molar-refractivity contribution in [1.29, 1.82) is 0 Å². The van der Waals surface area contributed by atoms with Crippen LogP contribution in [-0.2, 0) is 0 Å². The number of hydrogen-bond donors (Lipinski definition) is 2. The van der Waals surface area contributed by atoms with E-state index in [1.807, 2.05) is 6.92 Å². The molecule has 1 radical (unpaired) electrons. The van der Waals surface area contributed by atoms with E-state index in [4.69, 9.17) is 5.73 Å². The van der Waals surface area contributed by atoms with Gasteiger partial charge in [0.05, 0.1) is 6.67 Å². The average Bonchev–Trinajstić information content (AvgIpc) is 1.66. The summed E-state index contributed by atoms with van der Waals surface area (Å²) in [5.74, 6) is 0. The molecule has 0 aromatic heterocycles. The summed E-state index contributed by atoms with van der Waals surface area (Å²) in [6.45, 7) is 3.12. The predicted molar refractivity (Wildman–Crippen MR) is 30.2 cm³/mol. The van der Waals surface area contributed by atoms with E-state index in [1.54, 1.807) is 0 Å². The maximum atomic E-state index is 9.83. The zero-order valence-corrected chi connectivity index (χ0v) is 4.82. The number of rotatable bonds is 3. The molecule has 0 heterocycles. The molecule has 0 bridgehead atoms. The second-order valence-electron chi connectivity index (χ2n) is 1.29. The summed E-state index contributed by atoms with van der Waals surface area (Å²) in [4.78, 5) is 9.83. The predicted octanol–water partition coefficient (Wildman–Crippen LogP) is -0.454. The van der Waals surface area contributed by atoms with Crippen molar-refractivity contribution in [1.82, 2.24) is 16.4 Å². The number of carbonyl (C=O) groups is 1. The highest BCUT2D eigenvalue weighted by atomic mass is 16.2. The van der Waals surface area contributed by atoms with Crippen LogP contribution in [0.2, 0.25) is 0 Å². The summed E-state index contributed by atoms with van der Waals surface area (Å²) < 4.78 is 0. The molecule has 4 nitrogen and oxygen atoms in total. The Kier molecular flexibility index (Phi) is 3.97. The molecule has 47 valence electrons. The van der Waals surface area contributed by atoms with E-state index in [-0.39, 0.29) is 0 Å². The van der Waals surface area contributed by atoms with Crippen LogP contribution in [0.4, 0.5) is 4.79 Å². The first-order valence-corrected chi connectivity index (χ1v) is 2.47. The Morgan fingerprint density at radius 2 is 2.38 bits per heavy atom. The van der Waals surface area contributed by atoms with Gasteiger partial charge in [-0.05, 0) is 6.54 Å². The first-order chi connectivity index (χ1) is 3.77. The van der Waals surface area contributed by atoms with Gasteiger partial charge < -0.3 is 10.6 Å². The van der Waals surface area contributed by atoms with Gasteiger partial charge in [-0.3, -0.25) is 0 Å². The van der Waals surface area contributed by atoms with Crippen LogP contribution in [0, 0.1) is 0 Å². The van der Waals surface area contributed by atoms with Crippen molar-refractivity contribution in [2.24, 2.45) is 0 Å². The van der Waals surface area contributed by atoms with Crippen molar-refractivity contribution in [3.05, 3.63) is 0 Å². The molecule has 0 rings (SSSR count). The molecule has 8 heavy (non-hydrogen) atoms. The van der Waals surface area contributed by atoms with Crippen molar-refractivity contribution in [2.75, 3.05) is 13.2 Å². The zero-order chi connectivity index (χ0) is 6.41. The first-order valence-electron chi connectivity index (χ1n) is 2.47. The highest BCUT2D eigenvalue weighted by molar-refractivity contribution is 5.70. The molecule has 0 saturated heterocycles. The Morgan fingerprint density at radius 1 is 1.75 bits per heavy atom. The summed E-state index contributed by atoms with van der Waals surface area (Å²) in [7, 11) is 0. The number of nitrogens with one attached hydrogen (secondary N) is 3. The van der Waals surface area contributed by atoms with Crippen molar-refractivity contribution >= 4 is 6.03 Å². The molecule has 0 atom stereocenters. The quantitative estimate of drug-likeness (QED) is 0.387. The van der Waals surface area contributed by atoms with E-state index in [0.29, 0.717) is 6.67 Å². The highest BCUT2D eigenvalue weighted by Gasteiger charge is 1.86. The summed E-state index contributed by atoms with van der Waals surface area (Å²) in [6.07, 6.45) is 0. The number of urea groups is 1. The van der Waals surface area contributed by atoms with Gasteiger partial charge in [0.15, 0.2) is 0 Å². The molecule has 0 aliphatic heterocycles. The smallest absolute Gasteiger partial charge is 0.324 e. The van der Waals surface area contributed by atoms with Gasteiger partial charge in [-0.25, -0.2) is 10.5 Å². The molecule has 0 saturated carbocycles. The number of carbonyl (C=O) groups excluding carboxylic acids is 1. The van der Waals surface area contributed by atoms with Gasteiger partial charge in [-0.1, -0.05) is 6.92 Å². The molecule has 3 N–H and O–H groups in total. The molecule has 0 unspecified atom stereocenters. The lowest BCUT2D eigenvalue weighted by atomic mass is 10.7. The molecule has 0 fully saturated rings. The van der Waals surface area contributed by atoms with Crippen LogP contribution in [0.25, 0.3) is 0 Å². The van der Waals surface area contributed by atoms with E-state index in [2.05, 4.69) is 10.6 Å². The third-order valence-electron chi connectivity index (χ3n) is 0.624. The summed E-state index contributed by atoms with van der Waals surface area (Å²) >= 11 is 0. The van der Waals surface area contributed by atoms with E-state index < -0.39 is 6.03 Å². The molecule has 0 aliphatic rings. The SMILES string of the molecule is CCNCNC([NH])=O. The normalized spacial score (nSPS) is 8.62. The fourth-order valence-corrected chi connectivity index (χ4v) is 0.268. The van der Waals surface area contributed by atoms with E-state index in [0.717, 1.165) is 6.54 Å². The second kappa shape index (κ2) is 4.39. The van der Waals surface area contributed by atoms with E-state index in [1.165, 1.54) is 0 Å². The fraction of sp³-hybridized carbons (Fsp3) is 0.750. The maximum absolute atomic E-state index is 9.83. The highest BCUT2D eigenvalue weighted by Crippen LogP contribution is 1.54. The first kappa shape index (κ1) is 7.23. The van der Waals surface area contributed by atoms with Crippen molar-refractivity contribution in [3.63, 3.8) is 0 Å². The van der Waals surface area contributed by atoms with Gasteiger partial charge in [0.2, 0.25) is 0 Å². The van der Waals surface area contributed by atoms with Gasteiger partial charge in [0, 0.05) is 0 Å². The molecular weight excluding hydrogens is 106 g/mol. The average molecular weight is 116 g/mol. The summed E-state index contributed by atoms with van der Waals surface area (Å²) in [6, 6.07) is -0.744. The Bertz CT molecular complexity index is 73.7. The van der Waals surface area contributed by atoms with E-state index in [9.17, 15) is 4.79 Å². The van der Waals surface area contributed by atoms with Crippen LogP contribution in [0.3, 0.4) is 0 Å². The van der Waals surface area contributed by atoms with Crippen LogP contribution in [0.1, 0.15) is 6.92 Å². The summed E-state index contributed by atoms with van der Waals surface area (Å²) in [5.41, 5.74) is 6.37. The minimum atomic E-state index is -0.744. The van der Waals surface area contributed by atoms with Gasteiger partial charge in [-0.15, -0.1) is 0 Å². The Morgan fingerprint density at radius 3 is 2.75 bits per heavy atom. The fourth-order valence-electron chi connectivity index (χ4n) is 0.268. The molecule has 4 heteroatoms. The molecule has 0 aliphatic carbocycles. The monoisotopic (exact) mass is 116 g/mol. The minimum Gasteiger partial charge on any atom is -0.324 e. The standard InChI is InChI=1S/C4H10N3O/c1-2-6-3-7-4(5)8/h5-6H,2-3H2,1H3,(H,7,8). The lowest BCUT2D eigenvalue weighted by molar-refractivity contribution is 0.247. The molecular formula is C4H10N3O.